The Morgan fingerprint density at radius 2 is 1.57 bits per heavy atom. The molecule has 4 rings (SSSR count). The highest BCUT2D eigenvalue weighted by molar-refractivity contribution is 6.51. The van der Waals surface area contributed by atoms with Gasteiger partial charge in [-0.05, 0) is 61.9 Å². The van der Waals surface area contributed by atoms with Crippen LogP contribution < -0.4 is 14.5 Å². The Morgan fingerprint density at radius 3 is 2.16 bits per heavy atom. The van der Waals surface area contributed by atoms with Crippen LogP contribution in [0, 0.1) is 17.5 Å². The third-order valence-corrected chi connectivity index (χ3v) is 6.37. The van der Waals surface area contributed by atoms with Crippen LogP contribution in [0.1, 0.15) is 31.0 Å². The number of carbonyl (C=O) groups excluding carboxylic acids is 2. The molecule has 1 amide bonds. The first kappa shape index (κ1) is 25.8. The van der Waals surface area contributed by atoms with Crippen molar-refractivity contribution in [2.24, 2.45) is 0 Å². The molecule has 9 heteroatoms. The second kappa shape index (κ2) is 10.4. The topological polar surface area (TPSA) is 70.1 Å². The van der Waals surface area contributed by atoms with Crippen molar-refractivity contribution >= 4 is 28.8 Å². The number of Topliss-reactive ketones (excluding diaryl/α,β-unsaturated/α-hetero) is 1. The largest absolute Gasteiger partial charge is 0.507 e. The molecule has 1 heterocycles. The minimum atomic E-state index is -1.28. The van der Waals surface area contributed by atoms with Crippen LogP contribution in [-0.4, -0.2) is 37.0 Å². The molecule has 0 spiro atoms. The molecule has 0 saturated carbocycles. The fraction of sp³-hybridized carbons (Fsp3) is 0.214. The van der Waals surface area contributed by atoms with Crippen LogP contribution in [0.15, 0.2) is 66.2 Å². The molecule has 1 aliphatic heterocycles. The van der Waals surface area contributed by atoms with Crippen LogP contribution >= 0.6 is 0 Å². The van der Waals surface area contributed by atoms with Crippen molar-refractivity contribution < 1.29 is 32.6 Å². The van der Waals surface area contributed by atoms with Gasteiger partial charge in [-0.3, -0.25) is 14.5 Å². The summed E-state index contributed by atoms with van der Waals surface area (Å²) in [6.45, 7) is 5.48. The summed E-state index contributed by atoms with van der Waals surface area (Å²) in [5.41, 5.74) is 0.394. The zero-order valence-electron chi connectivity index (χ0n) is 20.5. The first-order chi connectivity index (χ1) is 17.7. The maximum atomic E-state index is 14.9. The Hall–Kier alpha value is -4.27. The maximum Gasteiger partial charge on any atom is 0.300 e. The molecule has 1 N–H and O–H groups in total. The monoisotopic (exact) mass is 510 g/mol. The van der Waals surface area contributed by atoms with Gasteiger partial charge in [0.2, 0.25) is 0 Å². The van der Waals surface area contributed by atoms with E-state index in [1.54, 1.807) is 24.3 Å². The zero-order valence-corrected chi connectivity index (χ0v) is 20.5. The van der Waals surface area contributed by atoms with Crippen LogP contribution in [0.25, 0.3) is 5.76 Å². The van der Waals surface area contributed by atoms with Gasteiger partial charge in [-0.25, -0.2) is 13.2 Å². The van der Waals surface area contributed by atoms with Crippen molar-refractivity contribution in [1.82, 2.24) is 0 Å². The highest BCUT2D eigenvalue weighted by Crippen LogP contribution is 2.44. The molecule has 1 unspecified atom stereocenters. The number of hydrogen-bond donors (Lipinski definition) is 1. The molecule has 1 aliphatic rings. The molecule has 1 fully saturated rings. The second-order valence-electron chi connectivity index (χ2n) is 8.37. The zero-order chi connectivity index (χ0) is 26.9. The van der Waals surface area contributed by atoms with Crippen molar-refractivity contribution in [3.8, 4) is 5.75 Å². The summed E-state index contributed by atoms with van der Waals surface area (Å²) in [4.78, 5) is 29.4. The molecule has 37 heavy (non-hydrogen) atoms. The van der Waals surface area contributed by atoms with E-state index in [-0.39, 0.29) is 22.6 Å². The van der Waals surface area contributed by atoms with Gasteiger partial charge in [0, 0.05) is 24.8 Å². The van der Waals surface area contributed by atoms with Crippen molar-refractivity contribution in [2.75, 3.05) is 30.0 Å². The molecule has 3 aromatic rings. The van der Waals surface area contributed by atoms with Crippen LogP contribution in [0.4, 0.5) is 24.5 Å². The predicted octanol–water partition coefficient (Wildman–Crippen LogP) is 5.59. The third kappa shape index (κ3) is 4.64. The van der Waals surface area contributed by atoms with E-state index in [1.807, 2.05) is 13.8 Å². The molecule has 192 valence electrons. The molecular weight excluding hydrogens is 485 g/mol. The number of anilines is 2. The minimum absolute atomic E-state index is 0.0636. The molecular formula is C28H25F3N2O4. The molecule has 3 aromatic carbocycles. The summed E-state index contributed by atoms with van der Waals surface area (Å²) in [6, 6.07) is 11.6. The van der Waals surface area contributed by atoms with Gasteiger partial charge in [0.1, 0.15) is 29.0 Å². The van der Waals surface area contributed by atoms with E-state index in [0.29, 0.717) is 11.6 Å². The molecule has 0 aliphatic carbocycles. The van der Waals surface area contributed by atoms with E-state index in [0.717, 1.165) is 47.9 Å². The van der Waals surface area contributed by atoms with Gasteiger partial charge < -0.3 is 14.7 Å². The predicted molar refractivity (Wildman–Crippen MR) is 134 cm³/mol. The minimum Gasteiger partial charge on any atom is -0.507 e. The number of nitrogens with zero attached hydrogens (tertiary/aromatic N) is 2. The number of ketones is 1. The fourth-order valence-electron chi connectivity index (χ4n) is 4.54. The van der Waals surface area contributed by atoms with Crippen LogP contribution in [0.5, 0.6) is 5.75 Å². The Labute approximate surface area is 212 Å². The number of hydrogen-bond acceptors (Lipinski definition) is 5. The van der Waals surface area contributed by atoms with Crippen molar-refractivity contribution in [2.45, 2.75) is 19.9 Å². The smallest absolute Gasteiger partial charge is 0.300 e. The van der Waals surface area contributed by atoms with Crippen LogP contribution in [-0.2, 0) is 9.59 Å². The number of aliphatic hydroxyl groups excluding tert-OH is 1. The summed E-state index contributed by atoms with van der Waals surface area (Å²) in [5.74, 6) is -5.48. The van der Waals surface area contributed by atoms with Gasteiger partial charge in [0.15, 0.2) is 0 Å². The average Bonchev–Trinajstić information content (AvgIpc) is 3.15. The molecule has 0 aromatic heterocycles. The summed E-state index contributed by atoms with van der Waals surface area (Å²) >= 11 is 0. The molecule has 0 bridgehead atoms. The lowest BCUT2D eigenvalue weighted by molar-refractivity contribution is -0.132. The Bertz CT molecular complexity index is 1380. The fourth-order valence-corrected chi connectivity index (χ4v) is 4.54. The number of halogens is 3. The summed E-state index contributed by atoms with van der Waals surface area (Å²) in [7, 11) is 1.31. The second-order valence-corrected chi connectivity index (χ2v) is 8.37. The van der Waals surface area contributed by atoms with Gasteiger partial charge in [0.05, 0.1) is 30.0 Å². The van der Waals surface area contributed by atoms with E-state index < -0.39 is 40.9 Å². The highest BCUT2D eigenvalue weighted by atomic mass is 19.1. The van der Waals surface area contributed by atoms with E-state index in [2.05, 4.69) is 4.90 Å². The Kier molecular flexibility index (Phi) is 7.24. The number of ether oxygens (including phenoxy) is 1. The van der Waals surface area contributed by atoms with E-state index in [1.165, 1.54) is 13.2 Å². The number of benzene rings is 3. The van der Waals surface area contributed by atoms with Crippen LogP contribution in [0.2, 0.25) is 0 Å². The SMILES string of the molecule is CCN(CC)c1ccc(C2/C(=C(\O)c3cc(F)ccc3OC)C(=O)C(=O)N2c2ccc(F)cc2F)cc1. The first-order valence-electron chi connectivity index (χ1n) is 11.7. The Morgan fingerprint density at radius 1 is 0.946 bits per heavy atom. The molecule has 1 atom stereocenters. The summed E-state index contributed by atoms with van der Waals surface area (Å²) in [6.07, 6.45) is 0. The lowest BCUT2D eigenvalue weighted by atomic mass is 9.94. The van der Waals surface area contributed by atoms with Gasteiger partial charge >= 0.3 is 0 Å². The van der Waals surface area contributed by atoms with E-state index in [4.69, 9.17) is 4.74 Å². The number of amides is 1. The normalized spacial score (nSPS) is 16.8. The number of methoxy groups -OCH3 is 1. The molecule has 0 radical (unpaired) electrons. The van der Waals surface area contributed by atoms with Gasteiger partial charge in [-0.1, -0.05) is 12.1 Å². The van der Waals surface area contributed by atoms with Crippen molar-refractivity contribution in [3.05, 3.63) is 94.8 Å². The van der Waals surface area contributed by atoms with Gasteiger partial charge in [-0.2, -0.15) is 0 Å². The summed E-state index contributed by atoms with van der Waals surface area (Å²) < 4.78 is 47.8. The number of rotatable bonds is 7. The number of aliphatic hydroxyl groups is 1. The first-order valence-corrected chi connectivity index (χ1v) is 11.7. The maximum absolute atomic E-state index is 14.9. The lowest BCUT2D eigenvalue weighted by Gasteiger charge is -2.27. The molecule has 6 nitrogen and oxygen atoms in total. The molecule has 1 saturated heterocycles. The quantitative estimate of drug-likeness (QED) is 0.255. The standard InChI is InChI=1S/C28H25F3N2O4/c1-4-32(5-2)19-10-6-16(7-11-19)25-24(26(34)20-14-17(29)9-13-23(20)37-3)27(35)28(36)33(25)22-12-8-18(30)15-21(22)31/h6-15,25,34H,4-5H2,1-3H3/b26-24+. The Balaban J connectivity index is 1.96. The van der Waals surface area contributed by atoms with E-state index >= 15 is 0 Å². The van der Waals surface area contributed by atoms with E-state index in [9.17, 15) is 27.9 Å². The summed E-state index contributed by atoms with van der Waals surface area (Å²) in [5, 5.41) is 11.2. The van der Waals surface area contributed by atoms with Crippen LogP contribution in [0.3, 0.4) is 0 Å². The van der Waals surface area contributed by atoms with Gasteiger partial charge in [-0.15, -0.1) is 0 Å². The lowest BCUT2D eigenvalue weighted by Crippen LogP contribution is -2.30. The third-order valence-electron chi connectivity index (χ3n) is 6.37. The van der Waals surface area contributed by atoms with Crippen molar-refractivity contribution in [3.63, 3.8) is 0 Å². The number of carbonyl (C=O) groups is 2. The average molecular weight is 511 g/mol. The highest BCUT2D eigenvalue weighted by Gasteiger charge is 2.48. The van der Waals surface area contributed by atoms with Crippen molar-refractivity contribution in [1.29, 1.82) is 0 Å². The van der Waals surface area contributed by atoms with Gasteiger partial charge in [0.25, 0.3) is 11.7 Å².